The minimum atomic E-state index is -0.236. The number of aromatic hydroxyl groups is 1. The Balaban J connectivity index is 1.76. The summed E-state index contributed by atoms with van der Waals surface area (Å²) < 4.78 is 4.88. The maximum absolute atomic E-state index is 11.8. The topological polar surface area (TPSA) is 49.8 Å². The number of carbonyl (C=O) groups excluding carboxylic acids is 1. The van der Waals surface area contributed by atoms with Crippen LogP contribution in [0.3, 0.4) is 0 Å². The van der Waals surface area contributed by atoms with Crippen LogP contribution in [-0.2, 0) is 11.2 Å². The highest BCUT2D eigenvalue weighted by Gasteiger charge is 2.40. The fourth-order valence-electron chi connectivity index (χ4n) is 3.36. The van der Waals surface area contributed by atoms with E-state index in [0.717, 1.165) is 19.4 Å². The van der Waals surface area contributed by atoms with Crippen LogP contribution >= 0.6 is 0 Å². The van der Waals surface area contributed by atoms with Crippen molar-refractivity contribution >= 4 is 6.09 Å². The maximum atomic E-state index is 11.8. The first-order chi connectivity index (χ1) is 9.67. The molecule has 1 fully saturated rings. The number of carbonyl (C=O) groups is 1. The van der Waals surface area contributed by atoms with Crippen LogP contribution in [0.4, 0.5) is 4.79 Å². The van der Waals surface area contributed by atoms with E-state index in [9.17, 15) is 9.90 Å². The zero-order chi connectivity index (χ0) is 14.1. The summed E-state index contributed by atoms with van der Waals surface area (Å²) in [5, 5.41) is 9.33. The normalized spacial score (nSPS) is 27.6. The molecule has 3 atom stereocenters. The van der Waals surface area contributed by atoms with Crippen LogP contribution in [0.15, 0.2) is 36.4 Å². The number of phenols is 1. The second-order valence-electron chi connectivity index (χ2n) is 5.62. The standard InChI is InChI=1S/C16H19NO3/c1-20-16(19)17-10-12-4-7-15(17)13(9-12)8-11-2-5-14(18)6-3-11/h2-7,12-13,15,18H,8-10H2,1H3. The minimum Gasteiger partial charge on any atom is -0.508 e. The van der Waals surface area contributed by atoms with Gasteiger partial charge in [0.15, 0.2) is 0 Å². The molecule has 1 N–H and O–H groups in total. The lowest BCUT2D eigenvalue weighted by Crippen LogP contribution is -2.53. The third-order valence-electron chi connectivity index (χ3n) is 4.30. The van der Waals surface area contributed by atoms with E-state index in [0.29, 0.717) is 11.8 Å². The maximum Gasteiger partial charge on any atom is 0.410 e. The number of piperidine rings is 1. The predicted molar refractivity (Wildman–Crippen MR) is 75.4 cm³/mol. The number of nitrogens with zero attached hydrogens (tertiary/aromatic N) is 1. The average Bonchev–Trinajstić information content (AvgIpc) is 2.49. The smallest absolute Gasteiger partial charge is 0.410 e. The van der Waals surface area contributed by atoms with E-state index in [4.69, 9.17) is 4.74 Å². The first-order valence-corrected chi connectivity index (χ1v) is 6.98. The number of fused-ring (bicyclic) bond motifs is 2. The number of methoxy groups -OCH3 is 1. The van der Waals surface area contributed by atoms with Crippen LogP contribution in [0.2, 0.25) is 0 Å². The van der Waals surface area contributed by atoms with Crippen LogP contribution in [-0.4, -0.2) is 35.8 Å². The lowest BCUT2D eigenvalue weighted by molar-refractivity contribution is 0.0609. The molecule has 1 aromatic carbocycles. The van der Waals surface area contributed by atoms with Crippen molar-refractivity contribution in [3.63, 3.8) is 0 Å². The first-order valence-electron chi connectivity index (χ1n) is 6.98. The second-order valence-corrected chi connectivity index (χ2v) is 5.62. The third-order valence-corrected chi connectivity index (χ3v) is 4.30. The molecular weight excluding hydrogens is 254 g/mol. The van der Waals surface area contributed by atoms with E-state index in [1.165, 1.54) is 12.7 Å². The number of hydrogen-bond acceptors (Lipinski definition) is 3. The van der Waals surface area contributed by atoms with Gasteiger partial charge in [0.05, 0.1) is 13.2 Å². The Bertz CT molecular complexity index is 523. The molecule has 0 saturated carbocycles. The zero-order valence-corrected chi connectivity index (χ0v) is 11.5. The first kappa shape index (κ1) is 13.0. The van der Waals surface area contributed by atoms with E-state index in [2.05, 4.69) is 12.2 Å². The van der Waals surface area contributed by atoms with Crippen molar-refractivity contribution in [3.8, 4) is 5.75 Å². The molecule has 0 aromatic heterocycles. The number of benzene rings is 1. The van der Waals surface area contributed by atoms with E-state index in [-0.39, 0.29) is 17.9 Å². The van der Waals surface area contributed by atoms with Crippen LogP contribution in [0.1, 0.15) is 12.0 Å². The molecule has 1 saturated heterocycles. The number of ether oxygens (including phenoxy) is 1. The molecule has 2 heterocycles. The van der Waals surface area contributed by atoms with Crippen molar-refractivity contribution in [1.29, 1.82) is 0 Å². The second kappa shape index (κ2) is 5.19. The van der Waals surface area contributed by atoms with Crippen LogP contribution in [0.25, 0.3) is 0 Å². The van der Waals surface area contributed by atoms with Gasteiger partial charge in [0.1, 0.15) is 5.75 Å². The summed E-state index contributed by atoms with van der Waals surface area (Å²) in [6.45, 7) is 0.764. The van der Waals surface area contributed by atoms with Gasteiger partial charge in [-0.3, -0.25) is 0 Å². The van der Waals surface area contributed by atoms with Gasteiger partial charge in [0, 0.05) is 6.54 Å². The molecule has 1 amide bonds. The van der Waals surface area contributed by atoms with Crippen molar-refractivity contribution < 1.29 is 14.6 Å². The van der Waals surface area contributed by atoms with Gasteiger partial charge >= 0.3 is 6.09 Å². The van der Waals surface area contributed by atoms with Crippen molar-refractivity contribution in [3.05, 3.63) is 42.0 Å². The van der Waals surface area contributed by atoms with Gasteiger partial charge in [-0.1, -0.05) is 24.3 Å². The molecule has 20 heavy (non-hydrogen) atoms. The molecule has 3 aliphatic rings. The highest BCUT2D eigenvalue weighted by atomic mass is 16.5. The molecule has 1 aromatic rings. The molecule has 4 rings (SSSR count). The van der Waals surface area contributed by atoms with Crippen LogP contribution in [0.5, 0.6) is 5.75 Å². The summed E-state index contributed by atoms with van der Waals surface area (Å²) in [5.74, 6) is 1.14. The van der Waals surface area contributed by atoms with E-state index in [1.54, 1.807) is 12.1 Å². The van der Waals surface area contributed by atoms with Gasteiger partial charge in [-0.25, -0.2) is 4.79 Å². The van der Waals surface area contributed by atoms with Crippen LogP contribution in [0, 0.1) is 11.8 Å². The number of hydrogen-bond donors (Lipinski definition) is 1. The molecule has 0 radical (unpaired) electrons. The quantitative estimate of drug-likeness (QED) is 0.843. The fraction of sp³-hybridized carbons (Fsp3) is 0.438. The summed E-state index contributed by atoms with van der Waals surface area (Å²) in [7, 11) is 1.43. The molecule has 3 unspecified atom stereocenters. The highest BCUT2D eigenvalue weighted by molar-refractivity contribution is 5.68. The Kier molecular flexibility index (Phi) is 3.38. The Morgan fingerprint density at radius 2 is 2.10 bits per heavy atom. The van der Waals surface area contributed by atoms with Gasteiger partial charge in [-0.05, 0) is 42.4 Å². The van der Waals surface area contributed by atoms with Gasteiger partial charge in [0.2, 0.25) is 0 Å². The predicted octanol–water partition coefficient (Wildman–Crippen LogP) is 2.58. The Morgan fingerprint density at radius 1 is 1.35 bits per heavy atom. The minimum absolute atomic E-state index is 0.126. The molecule has 1 aliphatic carbocycles. The van der Waals surface area contributed by atoms with Gasteiger partial charge in [0.25, 0.3) is 0 Å². The molecular formula is C16H19NO3. The molecule has 4 heteroatoms. The summed E-state index contributed by atoms with van der Waals surface area (Å²) in [5.41, 5.74) is 1.19. The molecule has 2 aliphatic heterocycles. The summed E-state index contributed by atoms with van der Waals surface area (Å²) in [4.78, 5) is 13.7. The lowest BCUT2D eigenvalue weighted by atomic mass is 9.75. The Hall–Kier alpha value is -1.97. The van der Waals surface area contributed by atoms with Crippen molar-refractivity contribution in [2.45, 2.75) is 18.9 Å². The number of amides is 1. The Labute approximate surface area is 118 Å². The molecule has 0 spiro atoms. The summed E-state index contributed by atoms with van der Waals surface area (Å²) in [6, 6.07) is 7.45. The highest BCUT2D eigenvalue weighted by Crippen LogP contribution is 2.36. The fourth-order valence-corrected chi connectivity index (χ4v) is 3.36. The summed E-state index contributed by atoms with van der Waals surface area (Å²) in [6.07, 6.45) is 6.14. The van der Waals surface area contributed by atoms with Crippen molar-refractivity contribution in [2.24, 2.45) is 11.8 Å². The van der Waals surface area contributed by atoms with Gasteiger partial charge in [-0.15, -0.1) is 0 Å². The number of phenolic OH excluding ortho intramolecular Hbond substituents is 1. The van der Waals surface area contributed by atoms with Gasteiger partial charge in [-0.2, -0.15) is 0 Å². The van der Waals surface area contributed by atoms with E-state index >= 15 is 0 Å². The third kappa shape index (κ3) is 2.38. The molecule has 2 bridgehead atoms. The molecule has 4 nitrogen and oxygen atoms in total. The van der Waals surface area contributed by atoms with Crippen molar-refractivity contribution in [1.82, 2.24) is 4.90 Å². The average molecular weight is 273 g/mol. The van der Waals surface area contributed by atoms with Gasteiger partial charge < -0.3 is 14.7 Å². The largest absolute Gasteiger partial charge is 0.508 e. The SMILES string of the molecule is COC(=O)N1CC2C=CC1C(Cc1ccc(O)cc1)C2. The van der Waals surface area contributed by atoms with Crippen molar-refractivity contribution in [2.75, 3.05) is 13.7 Å². The Morgan fingerprint density at radius 3 is 2.75 bits per heavy atom. The zero-order valence-electron chi connectivity index (χ0n) is 11.5. The number of rotatable bonds is 2. The molecule has 106 valence electrons. The van der Waals surface area contributed by atoms with Crippen LogP contribution < -0.4 is 0 Å². The van der Waals surface area contributed by atoms with E-state index < -0.39 is 0 Å². The van der Waals surface area contributed by atoms with E-state index in [1.807, 2.05) is 17.0 Å². The summed E-state index contributed by atoms with van der Waals surface area (Å²) >= 11 is 0. The lowest BCUT2D eigenvalue weighted by Gasteiger charge is -2.45. The monoisotopic (exact) mass is 273 g/mol.